The molecule has 0 radical (unpaired) electrons. The number of methoxy groups -OCH3 is 1. The number of aryl methyl sites for hydroxylation is 1. The molecule has 1 aromatic rings. The van der Waals surface area contributed by atoms with E-state index in [0.717, 1.165) is 37.4 Å². The Labute approximate surface area is 116 Å². The molecule has 0 amide bonds. The second-order valence-electron chi connectivity index (χ2n) is 5.35. The fourth-order valence-corrected chi connectivity index (χ4v) is 2.55. The van der Waals surface area contributed by atoms with Crippen LogP contribution in [0.4, 0.5) is 5.82 Å². The molecule has 1 aliphatic rings. The number of hydrogen-bond donors (Lipinski definition) is 1. The molecule has 4 heteroatoms. The zero-order valence-corrected chi connectivity index (χ0v) is 12.3. The average molecular weight is 263 g/mol. The Morgan fingerprint density at radius 1 is 1.26 bits per heavy atom. The molecule has 0 fully saturated rings. The summed E-state index contributed by atoms with van der Waals surface area (Å²) in [4.78, 5) is 9.51. The van der Waals surface area contributed by atoms with E-state index in [1.165, 1.54) is 24.1 Å². The highest BCUT2D eigenvalue weighted by atomic mass is 16.5. The van der Waals surface area contributed by atoms with Gasteiger partial charge in [-0.2, -0.15) is 0 Å². The first kappa shape index (κ1) is 14.3. The molecule has 1 N–H and O–H groups in total. The van der Waals surface area contributed by atoms with Gasteiger partial charge < -0.3 is 10.1 Å². The van der Waals surface area contributed by atoms with Gasteiger partial charge in [-0.1, -0.05) is 13.8 Å². The third-order valence-corrected chi connectivity index (χ3v) is 3.60. The molecule has 0 saturated heterocycles. The maximum atomic E-state index is 5.22. The van der Waals surface area contributed by atoms with Crippen LogP contribution in [0.15, 0.2) is 0 Å². The van der Waals surface area contributed by atoms with Crippen molar-refractivity contribution in [2.75, 3.05) is 25.6 Å². The summed E-state index contributed by atoms with van der Waals surface area (Å²) in [5.74, 6) is 2.23. The van der Waals surface area contributed by atoms with Crippen LogP contribution in [0.5, 0.6) is 0 Å². The smallest absolute Gasteiger partial charge is 0.136 e. The minimum Gasteiger partial charge on any atom is -0.384 e. The zero-order chi connectivity index (χ0) is 13.7. The fraction of sp³-hybridized carbons (Fsp3) is 0.733. The van der Waals surface area contributed by atoms with Crippen LogP contribution in [0.2, 0.25) is 0 Å². The predicted molar refractivity (Wildman–Crippen MR) is 77.7 cm³/mol. The van der Waals surface area contributed by atoms with Crippen molar-refractivity contribution >= 4 is 5.82 Å². The molecule has 0 aromatic carbocycles. The lowest BCUT2D eigenvalue weighted by Gasteiger charge is -2.21. The summed E-state index contributed by atoms with van der Waals surface area (Å²) >= 11 is 0. The van der Waals surface area contributed by atoms with Crippen LogP contribution in [-0.4, -0.2) is 30.2 Å². The summed E-state index contributed by atoms with van der Waals surface area (Å²) in [6.45, 7) is 5.94. The number of aromatic nitrogens is 2. The molecule has 106 valence electrons. The predicted octanol–water partition coefficient (Wildman–Crippen LogP) is 2.93. The third kappa shape index (κ3) is 3.44. The van der Waals surface area contributed by atoms with Crippen LogP contribution in [-0.2, 0) is 17.6 Å². The third-order valence-electron chi connectivity index (χ3n) is 3.60. The Hall–Kier alpha value is -1.16. The molecule has 0 bridgehead atoms. The molecular formula is C15H25N3O. The van der Waals surface area contributed by atoms with Gasteiger partial charge in [0, 0.05) is 30.8 Å². The highest BCUT2D eigenvalue weighted by molar-refractivity contribution is 5.48. The SMILES string of the molecule is CCCNc1nc(C(C)COC)nc2c1CCCC2. The molecule has 0 saturated carbocycles. The van der Waals surface area contributed by atoms with E-state index in [0.29, 0.717) is 6.61 Å². The Morgan fingerprint density at radius 2 is 2.05 bits per heavy atom. The summed E-state index contributed by atoms with van der Waals surface area (Å²) in [5.41, 5.74) is 2.59. The van der Waals surface area contributed by atoms with Crippen molar-refractivity contribution in [2.24, 2.45) is 0 Å². The van der Waals surface area contributed by atoms with Crippen LogP contribution >= 0.6 is 0 Å². The van der Waals surface area contributed by atoms with Crippen LogP contribution in [0.3, 0.4) is 0 Å². The fourth-order valence-electron chi connectivity index (χ4n) is 2.55. The number of rotatable bonds is 6. The molecule has 2 rings (SSSR count). The van der Waals surface area contributed by atoms with Crippen molar-refractivity contribution in [1.29, 1.82) is 0 Å². The van der Waals surface area contributed by atoms with Crippen molar-refractivity contribution in [1.82, 2.24) is 9.97 Å². The standard InChI is InChI=1S/C15H25N3O/c1-4-9-16-15-12-7-5-6-8-13(12)17-14(18-15)11(2)10-19-3/h11H,4-10H2,1-3H3,(H,16,17,18). The van der Waals surface area contributed by atoms with E-state index in [2.05, 4.69) is 19.2 Å². The number of ether oxygens (including phenoxy) is 1. The Kier molecular flexibility index (Phi) is 5.14. The lowest BCUT2D eigenvalue weighted by Crippen LogP contribution is -2.17. The molecular weight excluding hydrogens is 238 g/mol. The van der Waals surface area contributed by atoms with E-state index in [4.69, 9.17) is 14.7 Å². The van der Waals surface area contributed by atoms with E-state index in [9.17, 15) is 0 Å². The first-order valence-electron chi connectivity index (χ1n) is 7.38. The second-order valence-corrected chi connectivity index (χ2v) is 5.35. The van der Waals surface area contributed by atoms with Crippen molar-refractivity contribution in [2.45, 2.75) is 51.9 Å². The summed E-state index contributed by atoms with van der Waals surface area (Å²) in [6, 6.07) is 0. The van der Waals surface area contributed by atoms with E-state index in [1.807, 2.05) is 0 Å². The summed E-state index contributed by atoms with van der Waals surface area (Å²) in [5, 5.41) is 3.47. The summed E-state index contributed by atoms with van der Waals surface area (Å²) < 4.78 is 5.22. The Balaban J connectivity index is 2.30. The molecule has 0 spiro atoms. The number of nitrogens with zero attached hydrogens (tertiary/aromatic N) is 2. The minimum atomic E-state index is 0.249. The van der Waals surface area contributed by atoms with Crippen LogP contribution < -0.4 is 5.32 Å². The Morgan fingerprint density at radius 3 is 2.79 bits per heavy atom. The van der Waals surface area contributed by atoms with Crippen LogP contribution in [0, 0.1) is 0 Å². The normalized spacial score (nSPS) is 15.9. The van der Waals surface area contributed by atoms with Gasteiger partial charge in [0.2, 0.25) is 0 Å². The molecule has 1 aromatic heterocycles. The van der Waals surface area contributed by atoms with Crippen molar-refractivity contribution in [3.63, 3.8) is 0 Å². The van der Waals surface area contributed by atoms with Gasteiger partial charge in [-0.15, -0.1) is 0 Å². The number of nitrogens with one attached hydrogen (secondary N) is 1. The number of fused-ring (bicyclic) bond motifs is 1. The van der Waals surface area contributed by atoms with E-state index in [-0.39, 0.29) is 5.92 Å². The van der Waals surface area contributed by atoms with Gasteiger partial charge in [0.15, 0.2) is 0 Å². The van der Waals surface area contributed by atoms with Crippen molar-refractivity contribution < 1.29 is 4.74 Å². The Bertz CT molecular complexity index is 420. The van der Waals surface area contributed by atoms with Gasteiger partial charge in [0.05, 0.1) is 6.61 Å². The second kappa shape index (κ2) is 6.85. The van der Waals surface area contributed by atoms with Crippen molar-refractivity contribution in [3.05, 3.63) is 17.1 Å². The first-order chi connectivity index (χ1) is 9.26. The van der Waals surface area contributed by atoms with Gasteiger partial charge in [-0.3, -0.25) is 0 Å². The van der Waals surface area contributed by atoms with E-state index in [1.54, 1.807) is 7.11 Å². The highest BCUT2D eigenvalue weighted by Crippen LogP contribution is 2.27. The maximum Gasteiger partial charge on any atom is 0.136 e. The quantitative estimate of drug-likeness (QED) is 0.857. The highest BCUT2D eigenvalue weighted by Gasteiger charge is 2.19. The molecule has 4 nitrogen and oxygen atoms in total. The molecule has 19 heavy (non-hydrogen) atoms. The maximum absolute atomic E-state index is 5.22. The topological polar surface area (TPSA) is 47.0 Å². The molecule has 1 unspecified atom stereocenters. The van der Waals surface area contributed by atoms with Gasteiger partial charge in [0.1, 0.15) is 11.6 Å². The summed E-state index contributed by atoms with van der Waals surface area (Å²) in [7, 11) is 1.73. The van der Waals surface area contributed by atoms with Gasteiger partial charge in [-0.25, -0.2) is 9.97 Å². The molecule has 1 heterocycles. The van der Waals surface area contributed by atoms with Gasteiger partial charge in [-0.05, 0) is 32.1 Å². The van der Waals surface area contributed by atoms with Gasteiger partial charge in [0.25, 0.3) is 0 Å². The monoisotopic (exact) mass is 263 g/mol. The van der Waals surface area contributed by atoms with Gasteiger partial charge >= 0.3 is 0 Å². The summed E-state index contributed by atoms with van der Waals surface area (Å²) in [6.07, 6.45) is 5.81. The lowest BCUT2D eigenvalue weighted by molar-refractivity contribution is 0.181. The van der Waals surface area contributed by atoms with E-state index >= 15 is 0 Å². The number of anilines is 1. The molecule has 0 aliphatic heterocycles. The van der Waals surface area contributed by atoms with E-state index < -0.39 is 0 Å². The van der Waals surface area contributed by atoms with Crippen molar-refractivity contribution in [3.8, 4) is 0 Å². The first-order valence-corrected chi connectivity index (χ1v) is 7.38. The average Bonchev–Trinajstić information content (AvgIpc) is 2.44. The van der Waals surface area contributed by atoms with Crippen LogP contribution in [0.1, 0.15) is 56.1 Å². The molecule has 1 aliphatic carbocycles. The van der Waals surface area contributed by atoms with Crippen LogP contribution in [0.25, 0.3) is 0 Å². The lowest BCUT2D eigenvalue weighted by atomic mass is 9.96. The largest absolute Gasteiger partial charge is 0.384 e. The minimum absolute atomic E-state index is 0.249. The number of hydrogen-bond acceptors (Lipinski definition) is 4. The zero-order valence-electron chi connectivity index (χ0n) is 12.3. The molecule has 1 atom stereocenters.